The van der Waals surface area contributed by atoms with Crippen LogP contribution in [0.4, 0.5) is 0 Å². The molecule has 6 aliphatic rings. The molecule has 0 amide bonds. The predicted octanol–water partition coefficient (Wildman–Crippen LogP) is 2.08. The lowest BCUT2D eigenvalue weighted by atomic mass is 9.69. The Bertz CT molecular complexity index is 652. The second-order valence-electron chi connectivity index (χ2n) is 11.2. The molecule has 9 nitrogen and oxygen atoms in total. The summed E-state index contributed by atoms with van der Waals surface area (Å²) in [5.41, 5.74) is -0.558. The number of ether oxygens (including phenoxy) is 8. The fourth-order valence-electron chi connectivity index (χ4n) is 6.40. The van der Waals surface area contributed by atoms with Crippen LogP contribution < -0.4 is 0 Å². The lowest BCUT2D eigenvalue weighted by Gasteiger charge is -2.46. The molecule has 0 aromatic carbocycles. The molecule has 2 aliphatic carbocycles. The van der Waals surface area contributed by atoms with Crippen LogP contribution in [-0.2, 0) is 37.9 Å². The first kappa shape index (κ1) is 23.4. The molecule has 0 unspecified atom stereocenters. The number of aliphatic hydroxyl groups is 1. The summed E-state index contributed by atoms with van der Waals surface area (Å²) in [5.74, 6) is -0.394. The highest BCUT2D eigenvalue weighted by Crippen LogP contribution is 2.55. The minimum atomic E-state index is -0.594. The molecule has 6 rings (SSSR count). The summed E-state index contributed by atoms with van der Waals surface area (Å²) in [4.78, 5) is 0. The van der Waals surface area contributed by atoms with Crippen LogP contribution in [0.3, 0.4) is 0 Å². The minimum absolute atomic E-state index is 0.0312. The minimum Gasteiger partial charge on any atom is -0.393 e. The van der Waals surface area contributed by atoms with Gasteiger partial charge in [0.05, 0.1) is 6.10 Å². The first-order valence-corrected chi connectivity index (χ1v) is 11.7. The fourth-order valence-corrected chi connectivity index (χ4v) is 6.40. The Morgan fingerprint density at radius 1 is 0.656 bits per heavy atom. The van der Waals surface area contributed by atoms with Crippen LogP contribution in [-0.4, -0.2) is 85.2 Å². The van der Waals surface area contributed by atoms with Gasteiger partial charge in [-0.3, -0.25) is 0 Å². The van der Waals surface area contributed by atoms with E-state index in [4.69, 9.17) is 37.9 Å². The third-order valence-corrected chi connectivity index (χ3v) is 7.55. The first-order chi connectivity index (χ1) is 14.9. The summed E-state index contributed by atoms with van der Waals surface area (Å²) < 4.78 is 46.0. The molecule has 6 fully saturated rings. The van der Waals surface area contributed by atoms with Gasteiger partial charge in [-0.1, -0.05) is 6.92 Å². The van der Waals surface area contributed by atoms with Crippen molar-refractivity contribution >= 4 is 0 Å². The smallest absolute Gasteiger partial charge is 0.186 e. The molecule has 0 aromatic heterocycles. The molecule has 2 spiro atoms. The van der Waals surface area contributed by atoms with Crippen LogP contribution in [0.1, 0.15) is 60.3 Å². The quantitative estimate of drug-likeness (QED) is 0.667. The highest BCUT2D eigenvalue weighted by Gasteiger charge is 2.68. The van der Waals surface area contributed by atoms with Crippen LogP contribution in [0.15, 0.2) is 0 Å². The topological polar surface area (TPSA) is 94.1 Å². The van der Waals surface area contributed by atoms with Crippen molar-refractivity contribution in [2.75, 3.05) is 14.2 Å². The summed E-state index contributed by atoms with van der Waals surface area (Å²) in [7, 11) is 3.27. The molecule has 184 valence electrons. The third kappa shape index (κ3) is 3.65. The molecule has 0 radical (unpaired) electrons. The number of hydrogen-bond donors (Lipinski definition) is 1. The van der Waals surface area contributed by atoms with E-state index >= 15 is 0 Å². The van der Waals surface area contributed by atoms with Crippen molar-refractivity contribution in [1.82, 2.24) is 0 Å². The van der Waals surface area contributed by atoms with Crippen molar-refractivity contribution in [2.24, 2.45) is 5.92 Å². The standard InChI is InChI=1S/C12H20O4.C11H18O5/c1-7-5-12(6-7)9-8(10(13-4)16-12)14-11(2,3)15-9;1-10(2)14-7-8(15-10)11(4-6(12)5-11)16-9(7)13-3/h7-10H,5-6H2,1-4H3;6-9,12H,4-5H2,1-3H3/t7?,8-,9+,10-,12?;6?,7-,8+,9-,11?/m11/s1. The lowest BCUT2D eigenvalue weighted by Crippen LogP contribution is -2.55. The van der Waals surface area contributed by atoms with E-state index in [0.717, 1.165) is 12.8 Å². The van der Waals surface area contributed by atoms with E-state index < -0.39 is 17.2 Å². The highest BCUT2D eigenvalue weighted by atomic mass is 16.8. The molecule has 1 N–H and O–H groups in total. The Labute approximate surface area is 189 Å². The van der Waals surface area contributed by atoms with Gasteiger partial charge in [-0.25, -0.2) is 0 Å². The molecule has 4 saturated heterocycles. The fraction of sp³-hybridized carbons (Fsp3) is 1.00. The van der Waals surface area contributed by atoms with Gasteiger partial charge in [-0.05, 0) is 46.5 Å². The summed E-state index contributed by atoms with van der Waals surface area (Å²) >= 11 is 0. The van der Waals surface area contributed by atoms with Crippen molar-refractivity contribution in [1.29, 1.82) is 0 Å². The third-order valence-electron chi connectivity index (χ3n) is 7.55. The molecular formula is C23H38O9. The monoisotopic (exact) mass is 458 g/mol. The van der Waals surface area contributed by atoms with Gasteiger partial charge in [0.15, 0.2) is 24.2 Å². The Hall–Kier alpha value is -0.360. The largest absolute Gasteiger partial charge is 0.393 e. The van der Waals surface area contributed by atoms with Crippen LogP contribution in [0.25, 0.3) is 0 Å². The van der Waals surface area contributed by atoms with Gasteiger partial charge in [0.25, 0.3) is 0 Å². The van der Waals surface area contributed by atoms with Gasteiger partial charge in [0, 0.05) is 27.1 Å². The summed E-state index contributed by atoms with van der Waals surface area (Å²) in [6, 6.07) is 0. The maximum Gasteiger partial charge on any atom is 0.186 e. The molecule has 32 heavy (non-hydrogen) atoms. The van der Waals surface area contributed by atoms with Crippen LogP contribution in [0, 0.1) is 5.92 Å². The van der Waals surface area contributed by atoms with E-state index in [1.165, 1.54) is 0 Å². The van der Waals surface area contributed by atoms with E-state index in [9.17, 15) is 5.11 Å². The summed E-state index contributed by atoms with van der Waals surface area (Å²) in [5, 5.41) is 9.47. The Balaban J connectivity index is 0.000000135. The zero-order chi connectivity index (χ0) is 23.1. The molecular weight excluding hydrogens is 420 g/mol. The van der Waals surface area contributed by atoms with Crippen LogP contribution in [0.5, 0.6) is 0 Å². The van der Waals surface area contributed by atoms with Gasteiger partial charge < -0.3 is 43.0 Å². The maximum atomic E-state index is 9.47. The number of fused-ring (bicyclic) bond motifs is 4. The van der Waals surface area contributed by atoms with Gasteiger partial charge in [0.1, 0.15) is 35.6 Å². The molecule has 6 atom stereocenters. The number of aliphatic hydroxyl groups excluding tert-OH is 1. The zero-order valence-corrected chi connectivity index (χ0v) is 20.2. The van der Waals surface area contributed by atoms with E-state index in [0.29, 0.717) is 18.8 Å². The molecule has 4 heterocycles. The summed E-state index contributed by atoms with van der Waals surface area (Å²) in [6.07, 6.45) is 1.99. The van der Waals surface area contributed by atoms with Crippen LogP contribution in [0.2, 0.25) is 0 Å². The molecule has 4 aliphatic heterocycles. The predicted molar refractivity (Wildman–Crippen MR) is 111 cm³/mol. The molecule has 9 heteroatoms. The maximum absolute atomic E-state index is 9.47. The van der Waals surface area contributed by atoms with Crippen molar-refractivity contribution in [3.05, 3.63) is 0 Å². The van der Waals surface area contributed by atoms with E-state index in [-0.39, 0.29) is 48.7 Å². The second kappa shape index (κ2) is 7.57. The van der Waals surface area contributed by atoms with Gasteiger partial charge in [-0.15, -0.1) is 0 Å². The van der Waals surface area contributed by atoms with E-state index in [1.807, 2.05) is 27.7 Å². The SMILES string of the molecule is CO[C@@H]1OC2(CC(C)C2)[C@H]2OC(C)(C)O[C@@H]12.CO[C@@H]1OC2(CC(O)C2)[C@H]2OC(C)(C)O[C@@H]12. The van der Waals surface area contributed by atoms with Gasteiger partial charge in [0.2, 0.25) is 0 Å². The second-order valence-corrected chi connectivity index (χ2v) is 11.2. The average molecular weight is 459 g/mol. The first-order valence-electron chi connectivity index (χ1n) is 11.7. The van der Waals surface area contributed by atoms with Crippen molar-refractivity contribution < 1.29 is 43.0 Å². The summed E-state index contributed by atoms with van der Waals surface area (Å²) in [6.45, 7) is 9.92. The van der Waals surface area contributed by atoms with Gasteiger partial charge in [-0.2, -0.15) is 0 Å². The Kier molecular flexibility index (Phi) is 5.53. The van der Waals surface area contributed by atoms with Crippen molar-refractivity contribution in [3.8, 4) is 0 Å². The Morgan fingerprint density at radius 3 is 1.41 bits per heavy atom. The van der Waals surface area contributed by atoms with Crippen molar-refractivity contribution in [3.63, 3.8) is 0 Å². The lowest BCUT2D eigenvalue weighted by molar-refractivity contribution is -0.277. The highest BCUT2D eigenvalue weighted by molar-refractivity contribution is 5.12. The number of hydrogen-bond acceptors (Lipinski definition) is 9. The van der Waals surface area contributed by atoms with Gasteiger partial charge >= 0.3 is 0 Å². The zero-order valence-electron chi connectivity index (χ0n) is 20.2. The van der Waals surface area contributed by atoms with E-state index in [1.54, 1.807) is 14.2 Å². The molecule has 0 bridgehead atoms. The van der Waals surface area contributed by atoms with Crippen LogP contribution >= 0.6 is 0 Å². The number of rotatable bonds is 2. The van der Waals surface area contributed by atoms with Crippen molar-refractivity contribution in [2.45, 2.75) is 126 Å². The number of methoxy groups -OCH3 is 2. The molecule has 0 aromatic rings. The van der Waals surface area contributed by atoms with E-state index in [2.05, 4.69) is 6.92 Å². The molecule has 2 saturated carbocycles. The Morgan fingerprint density at radius 2 is 1.06 bits per heavy atom. The average Bonchev–Trinajstić information content (AvgIpc) is 3.31. The normalized spacial score (nSPS) is 54.0.